The normalized spacial score (nSPS) is 21.0. The fourth-order valence-electron chi connectivity index (χ4n) is 2.06. The van der Waals surface area contributed by atoms with Gasteiger partial charge in [-0.05, 0) is 5.92 Å². The van der Waals surface area contributed by atoms with Crippen molar-refractivity contribution in [3.05, 3.63) is 0 Å². The summed E-state index contributed by atoms with van der Waals surface area (Å²) in [6.07, 6.45) is 0. The molecule has 0 aromatic rings. The second-order valence-corrected chi connectivity index (χ2v) is 4.75. The van der Waals surface area contributed by atoms with E-state index in [1.807, 2.05) is 6.92 Å². The summed E-state index contributed by atoms with van der Waals surface area (Å²) in [6.45, 7) is 1.17. The molecule has 2 N–H and O–H groups in total. The molecule has 9 nitrogen and oxygen atoms in total. The van der Waals surface area contributed by atoms with E-state index in [0.29, 0.717) is 6.54 Å². The highest BCUT2D eigenvalue weighted by molar-refractivity contribution is 5.95. The zero-order chi connectivity index (χ0) is 16.0. The van der Waals surface area contributed by atoms with Crippen LogP contribution >= 0.6 is 0 Å². The number of hydrogen-bond donors (Lipinski definition) is 2. The van der Waals surface area contributed by atoms with Gasteiger partial charge in [0.25, 0.3) is 5.91 Å². The molecule has 1 rings (SSSR count). The molecule has 1 saturated heterocycles. The van der Waals surface area contributed by atoms with Gasteiger partial charge in [-0.15, -0.1) is 0 Å². The number of methoxy groups -OCH3 is 1. The number of hydrogen-bond acceptors (Lipinski definition) is 6. The molecule has 1 heterocycles. The minimum atomic E-state index is -1.21. The van der Waals surface area contributed by atoms with Crippen molar-refractivity contribution in [1.29, 1.82) is 0 Å². The maximum atomic E-state index is 11.8. The van der Waals surface area contributed by atoms with Crippen LogP contribution in [0, 0.1) is 11.8 Å². The molecular weight excluding hydrogens is 284 g/mol. The molecule has 21 heavy (non-hydrogen) atoms. The second kappa shape index (κ2) is 7.58. The molecule has 118 valence electrons. The minimum absolute atomic E-state index is 0.0680. The van der Waals surface area contributed by atoms with E-state index in [1.54, 1.807) is 0 Å². The van der Waals surface area contributed by atoms with Gasteiger partial charge in [-0.2, -0.15) is 0 Å². The molecule has 1 fully saturated rings. The van der Waals surface area contributed by atoms with Gasteiger partial charge in [-0.3, -0.25) is 14.9 Å². The lowest BCUT2D eigenvalue weighted by Crippen LogP contribution is -2.43. The molecular formula is C12H18N2O7. The number of aliphatic carboxylic acids is 1. The minimum Gasteiger partial charge on any atom is -0.480 e. The quantitative estimate of drug-likeness (QED) is 0.629. The average Bonchev–Trinajstić information content (AvgIpc) is 2.79. The Morgan fingerprint density at radius 3 is 2.48 bits per heavy atom. The second-order valence-electron chi connectivity index (χ2n) is 4.75. The number of amides is 3. The van der Waals surface area contributed by atoms with Crippen LogP contribution in [0.1, 0.15) is 6.92 Å². The van der Waals surface area contributed by atoms with Gasteiger partial charge in [-0.25, -0.2) is 9.59 Å². The van der Waals surface area contributed by atoms with Crippen molar-refractivity contribution in [2.45, 2.75) is 6.92 Å². The lowest BCUT2D eigenvalue weighted by molar-refractivity contribution is -0.146. The molecule has 2 unspecified atom stereocenters. The van der Waals surface area contributed by atoms with Crippen molar-refractivity contribution in [1.82, 2.24) is 10.2 Å². The first-order chi connectivity index (χ1) is 9.85. The topological polar surface area (TPSA) is 122 Å². The molecule has 3 amide bonds. The van der Waals surface area contributed by atoms with E-state index in [1.165, 1.54) is 12.0 Å². The maximum Gasteiger partial charge on any atom is 0.329 e. The first-order valence-corrected chi connectivity index (χ1v) is 6.31. The smallest absolute Gasteiger partial charge is 0.329 e. The lowest BCUT2D eigenvalue weighted by atomic mass is 9.99. The van der Waals surface area contributed by atoms with Crippen molar-refractivity contribution in [3.8, 4) is 0 Å². The Balaban J connectivity index is 2.41. The average molecular weight is 302 g/mol. The number of urea groups is 1. The zero-order valence-electron chi connectivity index (χ0n) is 11.8. The summed E-state index contributed by atoms with van der Waals surface area (Å²) in [6, 6.07) is -0.642. The fourth-order valence-corrected chi connectivity index (χ4v) is 2.06. The number of imide groups is 1. The molecule has 1 aliphatic rings. The van der Waals surface area contributed by atoms with Crippen molar-refractivity contribution >= 4 is 23.9 Å². The zero-order valence-corrected chi connectivity index (χ0v) is 11.8. The standard InChI is InChI=1S/C12H18N2O7/c1-7-3-14(4-8(7)11(18)20-2)12(19)13-9(15)5-21-6-10(16)17/h7-8H,3-6H2,1-2H3,(H,16,17)(H,13,15,19). The van der Waals surface area contributed by atoms with Crippen molar-refractivity contribution < 1.29 is 33.8 Å². The third-order valence-corrected chi connectivity index (χ3v) is 3.11. The van der Waals surface area contributed by atoms with Crippen molar-refractivity contribution in [2.75, 3.05) is 33.4 Å². The van der Waals surface area contributed by atoms with Crippen LogP contribution < -0.4 is 5.32 Å². The van der Waals surface area contributed by atoms with E-state index in [9.17, 15) is 19.2 Å². The Labute approximate surface area is 121 Å². The summed E-state index contributed by atoms with van der Waals surface area (Å²) < 4.78 is 9.21. The number of carbonyl (C=O) groups excluding carboxylic acids is 3. The molecule has 0 bridgehead atoms. The molecule has 2 atom stereocenters. The van der Waals surface area contributed by atoms with E-state index in [4.69, 9.17) is 5.11 Å². The van der Waals surface area contributed by atoms with Crippen LogP contribution in [0.4, 0.5) is 4.79 Å². The first kappa shape index (κ1) is 16.9. The molecule has 0 radical (unpaired) electrons. The Hall–Kier alpha value is -2.16. The summed E-state index contributed by atoms with van der Waals surface area (Å²) in [5.74, 6) is -2.83. The van der Waals surface area contributed by atoms with Gasteiger partial charge in [0.1, 0.15) is 13.2 Å². The summed E-state index contributed by atoms with van der Waals surface area (Å²) in [4.78, 5) is 46.2. The number of esters is 1. The summed E-state index contributed by atoms with van der Waals surface area (Å²) in [7, 11) is 1.28. The maximum absolute atomic E-state index is 11.8. The molecule has 1 aliphatic heterocycles. The third kappa shape index (κ3) is 5.03. The molecule has 0 aromatic heterocycles. The SMILES string of the molecule is COC(=O)C1CN(C(=O)NC(=O)COCC(=O)O)CC1C. The van der Waals surface area contributed by atoms with E-state index in [-0.39, 0.29) is 12.5 Å². The highest BCUT2D eigenvalue weighted by Crippen LogP contribution is 2.23. The van der Waals surface area contributed by atoms with Gasteiger partial charge in [0.05, 0.1) is 13.0 Å². The van der Waals surface area contributed by atoms with Gasteiger partial charge in [0.2, 0.25) is 0 Å². The number of nitrogens with one attached hydrogen (secondary N) is 1. The predicted molar refractivity (Wildman–Crippen MR) is 68.2 cm³/mol. The first-order valence-electron chi connectivity index (χ1n) is 6.31. The van der Waals surface area contributed by atoms with Gasteiger partial charge < -0.3 is 19.5 Å². The van der Waals surface area contributed by atoms with Crippen LogP contribution in [-0.4, -0.2) is 67.3 Å². The van der Waals surface area contributed by atoms with Crippen LogP contribution in [0.15, 0.2) is 0 Å². The van der Waals surface area contributed by atoms with Crippen LogP contribution in [0.3, 0.4) is 0 Å². The molecule has 9 heteroatoms. The monoisotopic (exact) mass is 302 g/mol. The van der Waals surface area contributed by atoms with Crippen LogP contribution in [0.25, 0.3) is 0 Å². The van der Waals surface area contributed by atoms with Gasteiger partial charge in [0.15, 0.2) is 0 Å². The summed E-state index contributed by atoms with van der Waals surface area (Å²) in [5, 5.41) is 10.4. The Kier molecular flexibility index (Phi) is 6.10. The summed E-state index contributed by atoms with van der Waals surface area (Å²) in [5.41, 5.74) is 0. The highest BCUT2D eigenvalue weighted by Gasteiger charge is 2.38. The largest absolute Gasteiger partial charge is 0.480 e. The molecule has 0 aliphatic carbocycles. The van der Waals surface area contributed by atoms with Crippen LogP contribution in [0.2, 0.25) is 0 Å². The number of carboxylic acid groups (broad SMARTS) is 1. The van der Waals surface area contributed by atoms with Gasteiger partial charge in [0, 0.05) is 13.1 Å². The molecule has 0 spiro atoms. The number of nitrogens with zero attached hydrogens (tertiary/aromatic N) is 1. The Morgan fingerprint density at radius 1 is 1.24 bits per heavy atom. The van der Waals surface area contributed by atoms with Crippen LogP contribution in [-0.2, 0) is 23.9 Å². The molecule has 0 saturated carbocycles. The number of rotatable bonds is 5. The van der Waals surface area contributed by atoms with Crippen LogP contribution in [0.5, 0.6) is 0 Å². The van der Waals surface area contributed by atoms with E-state index in [0.717, 1.165) is 0 Å². The number of ether oxygens (including phenoxy) is 2. The van der Waals surface area contributed by atoms with Crippen molar-refractivity contribution in [3.63, 3.8) is 0 Å². The summed E-state index contributed by atoms with van der Waals surface area (Å²) >= 11 is 0. The molecule has 0 aromatic carbocycles. The lowest BCUT2D eigenvalue weighted by Gasteiger charge is -2.16. The van der Waals surface area contributed by atoms with E-state index < -0.39 is 43.0 Å². The van der Waals surface area contributed by atoms with E-state index >= 15 is 0 Å². The van der Waals surface area contributed by atoms with Crippen molar-refractivity contribution in [2.24, 2.45) is 11.8 Å². The number of carboxylic acids is 1. The highest BCUT2D eigenvalue weighted by atomic mass is 16.5. The van der Waals surface area contributed by atoms with Gasteiger partial charge in [-0.1, -0.05) is 6.92 Å². The Morgan fingerprint density at radius 2 is 1.90 bits per heavy atom. The van der Waals surface area contributed by atoms with Gasteiger partial charge >= 0.3 is 18.0 Å². The number of likely N-dealkylation sites (tertiary alicyclic amines) is 1. The van der Waals surface area contributed by atoms with E-state index in [2.05, 4.69) is 14.8 Å². The number of carbonyl (C=O) groups is 4. The third-order valence-electron chi connectivity index (χ3n) is 3.11. The fraction of sp³-hybridized carbons (Fsp3) is 0.667. The predicted octanol–water partition coefficient (Wildman–Crippen LogP) is -0.935. The Bertz CT molecular complexity index is 437.